The summed E-state index contributed by atoms with van der Waals surface area (Å²) in [4.78, 5) is 13.1. The van der Waals surface area contributed by atoms with Crippen LogP contribution in [0.4, 0.5) is 0 Å². The number of thioether (sulfide) groups is 1. The van der Waals surface area contributed by atoms with E-state index in [0.717, 1.165) is 29.2 Å². The van der Waals surface area contributed by atoms with Crippen LogP contribution in [0.15, 0.2) is 23.1 Å². The Bertz CT molecular complexity index is 466. The Morgan fingerprint density at radius 1 is 1.16 bits per heavy atom. The lowest BCUT2D eigenvalue weighted by molar-refractivity contribution is -0.120. The number of fused-ring (bicyclic) bond motifs is 1. The first kappa shape index (κ1) is 12.9. The van der Waals surface area contributed by atoms with E-state index < -0.39 is 0 Å². The number of ether oxygens (including phenoxy) is 2. The van der Waals surface area contributed by atoms with Crippen LogP contribution in [0.5, 0.6) is 11.5 Å². The second-order valence-electron chi connectivity index (χ2n) is 5.04. The Morgan fingerprint density at radius 3 is 2.68 bits per heavy atom. The highest BCUT2D eigenvalue weighted by atomic mass is 32.2. The van der Waals surface area contributed by atoms with Crippen LogP contribution in [0.1, 0.15) is 25.7 Å². The fraction of sp³-hybridized carbons (Fsp3) is 0.533. The molecule has 2 aliphatic rings. The van der Waals surface area contributed by atoms with Crippen molar-refractivity contribution in [2.45, 2.75) is 30.6 Å². The topological polar surface area (TPSA) is 35.5 Å². The second kappa shape index (κ2) is 5.87. The maximum absolute atomic E-state index is 12.0. The lowest BCUT2D eigenvalue weighted by atomic mass is 10.0. The van der Waals surface area contributed by atoms with Gasteiger partial charge in [0.2, 0.25) is 0 Å². The van der Waals surface area contributed by atoms with E-state index in [1.54, 1.807) is 11.8 Å². The first-order valence-electron chi connectivity index (χ1n) is 6.88. The molecule has 0 saturated heterocycles. The van der Waals surface area contributed by atoms with Crippen molar-refractivity contribution in [3.63, 3.8) is 0 Å². The van der Waals surface area contributed by atoms with Gasteiger partial charge in [-0.1, -0.05) is 12.8 Å². The molecule has 1 aliphatic carbocycles. The Hall–Kier alpha value is -1.16. The van der Waals surface area contributed by atoms with E-state index in [1.807, 2.05) is 18.2 Å². The van der Waals surface area contributed by atoms with E-state index in [1.165, 1.54) is 12.8 Å². The third-order valence-corrected chi connectivity index (χ3v) is 4.72. The van der Waals surface area contributed by atoms with Gasteiger partial charge in [0.25, 0.3) is 0 Å². The third kappa shape index (κ3) is 3.06. The van der Waals surface area contributed by atoms with Crippen molar-refractivity contribution in [1.82, 2.24) is 0 Å². The van der Waals surface area contributed by atoms with Crippen molar-refractivity contribution < 1.29 is 14.3 Å². The number of benzene rings is 1. The summed E-state index contributed by atoms with van der Waals surface area (Å²) in [6, 6.07) is 5.90. The summed E-state index contributed by atoms with van der Waals surface area (Å²) in [6.45, 7) is 1.21. The van der Waals surface area contributed by atoms with Gasteiger partial charge in [0.1, 0.15) is 19.0 Å². The summed E-state index contributed by atoms with van der Waals surface area (Å²) in [5.74, 6) is 2.88. The molecule has 0 unspecified atom stereocenters. The number of ketones is 1. The summed E-state index contributed by atoms with van der Waals surface area (Å²) in [7, 11) is 0. The number of carbonyl (C=O) groups excluding carboxylic acids is 1. The van der Waals surface area contributed by atoms with Crippen LogP contribution in [0.2, 0.25) is 0 Å². The molecular formula is C15H18O3S. The highest BCUT2D eigenvalue weighted by molar-refractivity contribution is 8.00. The number of rotatable bonds is 4. The van der Waals surface area contributed by atoms with Crippen LogP contribution in [0.25, 0.3) is 0 Å². The van der Waals surface area contributed by atoms with Gasteiger partial charge in [0.15, 0.2) is 11.5 Å². The van der Waals surface area contributed by atoms with Gasteiger partial charge in [0.05, 0.1) is 5.75 Å². The Morgan fingerprint density at radius 2 is 1.89 bits per heavy atom. The van der Waals surface area contributed by atoms with Crippen LogP contribution in [0, 0.1) is 5.92 Å². The van der Waals surface area contributed by atoms with E-state index >= 15 is 0 Å². The molecule has 1 heterocycles. The lowest BCUT2D eigenvalue weighted by Crippen LogP contribution is -2.15. The normalized spacial score (nSPS) is 18.5. The predicted molar refractivity (Wildman–Crippen MR) is 75.1 cm³/mol. The van der Waals surface area contributed by atoms with Crippen LogP contribution < -0.4 is 9.47 Å². The summed E-state index contributed by atoms with van der Waals surface area (Å²) in [5, 5.41) is 0. The summed E-state index contributed by atoms with van der Waals surface area (Å²) in [6.07, 6.45) is 4.59. The average molecular weight is 278 g/mol. The van der Waals surface area contributed by atoms with Gasteiger partial charge in [-0.25, -0.2) is 0 Å². The van der Waals surface area contributed by atoms with Crippen molar-refractivity contribution in [3.8, 4) is 11.5 Å². The lowest BCUT2D eigenvalue weighted by Gasteiger charge is -2.18. The Kier molecular flexibility index (Phi) is 3.97. The maximum Gasteiger partial charge on any atom is 0.162 e. The van der Waals surface area contributed by atoms with Crippen LogP contribution in [-0.2, 0) is 4.79 Å². The predicted octanol–water partition coefficient (Wildman–Crippen LogP) is 3.31. The van der Waals surface area contributed by atoms with Gasteiger partial charge in [0, 0.05) is 10.8 Å². The molecule has 1 saturated carbocycles. The molecule has 102 valence electrons. The van der Waals surface area contributed by atoms with Crippen molar-refractivity contribution in [1.29, 1.82) is 0 Å². The molecule has 3 nitrogen and oxygen atoms in total. The molecule has 3 rings (SSSR count). The largest absolute Gasteiger partial charge is 0.486 e. The van der Waals surface area contributed by atoms with E-state index in [0.29, 0.717) is 30.7 Å². The SMILES string of the molecule is O=C(CSc1ccc2c(c1)OCCO2)C1CCCC1. The molecule has 1 fully saturated rings. The maximum atomic E-state index is 12.0. The quantitative estimate of drug-likeness (QED) is 0.792. The Labute approximate surface area is 117 Å². The molecule has 0 atom stereocenters. The highest BCUT2D eigenvalue weighted by Gasteiger charge is 2.22. The molecule has 19 heavy (non-hydrogen) atoms. The molecule has 0 amide bonds. The van der Waals surface area contributed by atoms with Gasteiger partial charge in [-0.3, -0.25) is 4.79 Å². The molecule has 1 aliphatic heterocycles. The fourth-order valence-electron chi connectivity index (χ4n) is 2.63. The molecule has 0 radical (unpaired) electrons. The zero-order valence-corrected chi connectivity index (χ0v) is 11.7. The van der Waals surface area contributed by atoms with E-state index in [4.69, 9.17) is 9.47 Å². The zero-order valence-electron chi connectivity index (χ0n) is 10.9. The standard InChI is InChI=1S/C15H18O3S/c16-13(11-3-1-2-4-11)10-19-12-5-6-14-15(9-12)18-8-7-17-14/h5-6,9,11H,1-4,7-8,10H2. The zero-order chi connectivity index (χ0) is 13.1. The van der Waals surface area contributed by atoms with Crippen LogP contribution in [0.3, 0.4) is 0 Å². The van der Waals surface area contributed by atoms with Gasteiger partial charge in [-0.05, 0) is 31.0 Å². The van der Waals surface area contributed by atoms with E-state index in [9.17, 15) is 4.79 Å². The van der Waals surface area contributed by atoms with Gasteiger partial charge >= 0.3 is 0 Å². The van der Waals surface area contributed by atoms with Gasteiger partial charge < -0.3 is 9.47 Å². The second-order valence-corrected chi connectivity index (χ2v) is 6.09. The third-order valence-electron chi connectivity index (χ3n) is 3.71. The minimum atomic E-state index is 0.310. The van der Waals surface area contributed by atoms with E-state index in [2.05, 4.69) is 0 Å². The van der Waals surface area contributed by atoms with Crippen molar-refractivity contribution in [2.75, 3.05) is 19.0 Å². The van der Waals surface area contributed by atoms with Crippen molar-refractivity contribution in [2.24, 2.45) is 5.92 Å². The van der Waals surface area contributed by atoms with Crippen LogP contribution >= 0.6 is 11.8 Å². The van der Waals surface area contributed by atoms with Gasteiger partial charge in [-0.15, -0.1) is 11.8 Å². The molecule has 0 spiro atoms. The average Bonchev–Trinajstić information content (AvgIpc) is 2.99. The molecular weight excluding hydrogens is 260 g/mol. The molecule has 4 heteroatoms. The molecule has 1 aromatic rings. The monoisotopic (exact) mass is 278 g/mol. The number of hydrogen-bond acceptors (Lipinski definition) is 4. The molecule has 0 aromatic heterocycles. The highest BCUT2D eigenvalue weighted by Crippen LogP contribution is 2.35. The molecule has 0 N–H and O–H groups in total. The molecule has 0 bridgehead atoms. The fourth-order valence-corrected chi connectivity index (χ4v) is 3.53. The first-order valence-corrected chi connectivity index (χ1v) is 7.86. The van der Waals surface area contributed by atoms with Crippen molar-refractivity contribution >= 4 is 17.5 Å². The van der Waals surface area contributed by atoms with E-state index in [-0.39, 0.29) is 0 Å². The number of hydrogen-bond donors (Lipinski definition) is 0. The summed E-state index contributed by atoms with van der Waals surface area (Å²) >= 11 is 1.60. The first-order chi connectivity index (χ1) is 9.33. The summed E-state index contributed by atoms with van der Waals surface area (Å²) in [5.41, 5.74) is 0. The summed E-state index contributed by atoms with van der Waals surface area (Å²) < 4.78 is 11.0. The number of Topliss-reactive ketones (excluding diaryl/α,β-unsaturated/α-hetero) is 1. The minimum absolute atomic E-state index is 0.310. The van der Waals surface area contributed by atoms with Crippen LogP contribution in [-0.4, -0.2) is 24.7 Å². The Balaban J connectivity index is 1.59. The molecule has 1 aromatic carbocycles. The van der Waals surface area contributed by atoms with Gasteiger partial charge in [-0.2, -0.15) is 0 Å². The smallest absolute Gasteiger partial charge is 0.162 e. The minimum Gasteiger partial charge on any atom is -0.486 e. The number of carbonyl (C=O) groups is 1. The van der Waals surface area contributed by atoms with Crippen molar-refractivity contribution in [3.05, 3.63) is 18.2 Å².